The third-order valence-corrected chi connectivity index (χ3v) is 4.58. The van der Waals surface area contributed by atoms with Crippen molar-refractivity contribution in [1.82, 2.24) is 5.32 Å². The molecular weight excluding hydrogens is 230 g/mol. The molecule has 96 valence electrons. The number of ether oxygens (including phenoxy) is 1. The van der Waals surface area contributed by atoms with Crippen LogP contribution in [0.25, 0.3) is 0 Å². The average Bonchev–Trinajstić information content (AvgIpc) is 2.94. The summed E-state index contributed by atoms with van der Waals surface area (Å²) < 4.78 is 5.68. The number of hydrogen-bond donors (Lipinski definition) is 1. The maximum atomic E-state index is 5.68. The van der Waals surface area contributed by atoms with E-state index in [0.717, 1.165) is 26.3 Å². The van der Waals surface area contributed by atoms with Crippen molar-refractivity contribution in [2.24, 2.45) is 5.41 Å². The molecule has 1 aliphatic rings. The van der Waals surface area contributed by atoms with Gasteiger partial charge in [-0.3, -0.25) is 0 Å². The average molecular weight is 253 g/mol. The molecule has 0 radical (unpaired) electrons. The molecule has 0 amide bonds. The minimum absolute atomic E-state index is 0.381. The van der Waals surface area contributed by atoms with Crippen LogP contribution in [0, 0.1) is 12.3 Å². The second kappa shape index (κ2) is 5.98. The van der Waals surface area contributed by atoms with Crippen molar-refractivity contribution in [1.29, 1.82) is 0 Å². The van der Waals surface area contributed by atoms with Gasteiger partial charge in [0.15, 0.2) is 0 Å². The number of nitrogens with one attached hydrogen (secondary N) is 1. The molecule has 0 spiro atoms. The monoisotopic (exact) mass is 253 g/mol. The molecule has 17 heavy (non-hydrogen) atoms. The van der Waals surface area contributed by atoms with Crippen molar-refractivity contribution in [2.75, 3.05) is 26.3 Å². The van der Waals surface area contributed by atoms with Crippen LogP contribution in [0.2, 0.25) is 0 Å². The standard InChI is InChI=1S/C14H23NOS/c1-3-16-11-14(6-7-15-10-14)5-4-13-8-12(2)17-9-13/h8-9,15H,3-7,10-11H2,1-2H3/t14-/m1/s1. The van der Waals surface area contributed by atoms with Crippen molar-refractivity contribution in [2.45, 2.75) is 33.1 Å². The van der Waals surface area contributed by atoms with Gasteiger partial charge < -0.3 is 10.1 Å². The van der Waals surface area contributed by atoms with Crippen LogP contribution in [0.5, 0.6) is 0 Å². The predicted molar refractivity (Wildman–Crippen MR) is 73.8 cm³/mol. The molecule has 1 N–H and O–H groups in total. The number of hydrogen-bond acceptors (Lipinski definition) is 3. The van der Waals surface area contributed by atoms with Gasteiger partial charge in [-0.05, 0) is 56.7 Å². The molecule has 1 atom stereocenters. The van der Waals surface area contributed by atoms with E-state index in [-0.39, 0.29) is 0 Å². The highest BCUT2D eigenvalue weighted by atomic mass is 32.1. The van der Waals surface area contributed by atoms with Crippen molar-refractivity contribution in [3.8, 4) is 0 Å². The van der Waals surface area contributed by atoms with E-state index in [4.69, 9.17) is 4.74 Å². The number of rotatable bonds is 6. The highest BCUT2D eigenvalue weighted by molar-refractivity contribution is 7.10. The molecule has 1 aliphatic heterocycles. The van der Waals surface area contributed by atoms with Crippen LogP contribution in [0.1, 0.15) is 30.2 Å². The fourth-order valence-electron chi connectivity index (χ4n) is 2.56. The molecule has 0 unspecified atom stereocenters. The molecular formula is C14H23NOS. The summed E-state index contributed by atoms with van der Waals surface area (Å²) in [6, 6.07) is 2.32. The first-order valence-electron chi connectivity index (χ1n) is 6.57. The van der Waals surface area contributed by atoms with Crippen molar-refractivity contribution >= 4 is 11.3 Å². The number of thiophene rings is 1. The maximum absolute atomic E-state index is 5.68. The molecule has 0 aliphatic carbocycles. The minimum atomic E-state index is 0.381. The lowest BCUT2D eigenvalue weighted by atomic mass is 9.82. The Balaban J connectivity index is 1.89. The maximum Gasteiger partial charge on any atom is 0.0535 e. The van der Waals surface area contributed by atoms with Gasteiger partial charge in [0, 0.05) is 23.4 Å². The third-order valence-electron chi connectivity index (χ3n) is 3.67. The summed E-state index contributed by atoms with van der Waals surface area (Å²) in [6.07, 6.45) is 3.70. The molecule has 2 nitrogen and oxygen atoms in total. The molecule has 1 aromatic heterocycles. The Morgan fingerprint density at radius 3 is 3.00 bits per heavy atom. The van der Waals surface area contributed by atoms with Crippen molar-refractivity contribution in [3.63, 3.8) is 0 Å². The van der Waals surface area contributed by atoms with Crippen molar-refractivity contribution in [3.05, 3.63) is 21.9 Å². The molecule has 2 rings (SSSR count). The van der Waals surface area contributed by atoms with E-state index < -0.39 is 0 Å². The molecule has 0 saturated carbocycles. The van der Waals surface area contributed by atoms with E-state index in [1.807, 2.05) is 11.3 Å². The Morgan fingerprint density at radius 1 is 1.53 bits per heavy atom. The highest BCUT2D eigenvalue weighted by Gasteiger charge is 2.33. The number of aryl methyl sites for hydroxylation is 2. The zero-order valence-electron chi connectivity index (χ0n) is 10.9. The van der Waals surface area contributed by atoms with Gasteiger partial charge in [-0.15, -0.1) is 11.3 Å². The highest BCUT2D eigenvalue weighted by Crippen LogP contribution is 2.32. The quantitative estimate of drug-likeness (QED) is 0.841. The fraction of sp³-hybridized carbons (Fsp3) is 0.714. The Hall–Kier alpha value is -0.380. The van der Waals surface area contributed by atoms with Gasteiger partial charge in [0.25, 0.3) is 0 Å². The Bertz CT molecular complexity index is 342. The van der Waals surface area contributed by atoms with Gasteiger partial charge in [-0.25, -0.2) is 0 Å². The van der Waals surface area contributed by atoms with Gasteiger partial charge >= 0.3 is 0 Å². The SMILES string of the molecule is CCOC[C@]1(CCc2csc(C)c2)CCNC1. The topological polar surface area (TPSA) is 21.3 Å². The zero-order chi connectivity index (χ0) is 12.1. The smallest absolute Gasteiger partial charge is 0.0535 e. The van der Waals surface area contributed by atoms with E-state index in [2.05, 4.69) is 30.6 Å². The molecule has 0 aromatic carbocycles. The first-order chi connectivity index (χ1) is 8.24. The second-order valence-electron chi connectivity index (χ2n) is 5.13. The Kier molecular flexibility index (Phi) is 4.60. The zero-order valence-corrected chi connectivity index (χ0v) is 11.7. The van der Waals surface area contributed by atoms with Crippen LogP contribution in [0.3, 0.4) is 0 Å². The lowest BCUT2D eigenvalue weighted by molar-refractivity contribution is 0.0564. The second-order valence-corrected chi connectivity index (χ2v) is 6.24. The molecule has 1 aromatic rings. The summed E-state index contributed by atoms with van der Waals surface area (Å²) >= 11 is 1.86. The largest absolute Gasteiger partial charge is 0.381 e. The summed E-state index contributed by atoms with van der Waals surface area (Å²) in [5.41, 5.74) is 1.88. The summed E-state index contributed by atoms with van der Waals surface area (Å²) in [5.74, 6) is 0. The molecule has 1 fully saturated rings. The minimum Gasteiger partial charge on any atom is -0.381 e. The van der Waals surface area contributed by atoms with Crippen LogP contribution in [0.4, 0.5) is 0 Å². The first kappa shape index (κ1) is 13.1. The van der Waals surface area contributed by atoms with Gasteiger partial charge in [0.2, 0.25) is 0 Å². The molecule has 0 bridgehead atoms. The fourth-order valence-corrected chi connectivity index (χ4v) is 3.30. The van der Waals surface area contributed by atoms with E-state index >= 15 is 0 Å². The lowest BCUT2D eigenvalue weighted by Gasteiger charge is -2.27. The molecule has 2 heterocycles. The Labute approximate surface area is 108 Å². The van der Waals surface area contributed by atoms with Crippen LogP contribution in [0.15, 0.2) is 11.4 Å². The summed E-state index contributed by atoms with van der Waals surface area (Å²) in [6.45, 7) is 8.28. The van der Waals surface area contributed by atoms with E-state index in [9.17, 15) is 0 Å². The van der Waals surface area contributed by atoms with E-state index in [1.54, 1.807) is 0 Å². The van der Waals surface area contributed by atoms with Crippen LogP contribution in [-0.4, -0.2) is 26.3 Å². The van der Waals surface area contributed by atoms with Crippen LogP contribution >= 0.6 is 11.3 Å². The molecule has 3 heteroatoms. The summed E-state index contributed by atoms with van der Waals surface area (Å²) in [7, 11) is 0. The normalized spacial score (nSPS) is 24.4. The predicted octanol–water partition coefficient (Wildman–Crippen LogP) is 3.01. The van der Waals surface area contributed by atoms with E-state index in [1.165, 1.54) is 29.7 Å². The van der Waals surface area contributed by atoms with Crippen molar-refractivity contribution < 1.29 is 4.74 Å². The van der Waals surface area contributed by atoms with Crippen LogP contribution < -0.4 is 5.32 Å². The lowest BCUT2D eigenvalue weighted by Crippen LogP contribution is -2.30. The molecule has 1 saturated heterocycles. The van der Waals surface area contributed by atoms with Gasteiger partial charge in [-0.2, -0.15) is 0 Å². The summed E-state index contributed by atoms with van der Waals surface area (Å²) in [5, 5.41) is 5.78. The first-order valence-corrected chi connectivity index (χ1v) is 7.44. The van der Waals surface area contributed by atoms with Gasteiger partial charge in [0.1, 0.15) is 0 Å². The van der Waals surface area contributed by atoms with E-state index in [0.29, 0.717) is 5.41 Å². The van der Waals surface area contributed by atoms with Gasteiger partial charge in [0.05, 0.1) is 6.61 Å². The third kappa shape index (κ3) is 3.54. The summed E-state index contributed by atoms with van der Waals surface area (Å²) in [4.78, 5) is 1.42. The van der Waals surface area contributed by atoms with Gasteiger partial charge in [-0.1, -0.05) is 0 Å². The Morgan fingerprint density at radius 2 is 2.41 bits per heavy atom. The van der Waals surface area contributed by atoms with Crippen LogP contribution in [-0.2, 0) is 11.2 Å².